The van der Waals surface area contributed by atoms with Crippen molar-refractivity contribution in [1.82, 2.24) is 9.78 Å². The lowest BCUT2D eigenvalue weighted by Crippen LogP contribution is -1.99. The quantitative estimate of drug-likeness (QED) is 0.927. The van der Waals surface area contributed by atoms with E-state index in [0.717, 1.165) is 5.56 Å². The average Bonchev–Trinajstić information content (AvgIpc) is 2.71. The van der Waals surface area contributed by atoms with E-state index < -0.39 is 5.97 Å². The van der Waals surface area contributed by atoms with Gasteiger partial charge in [0, 0.05) is 17.6 Å². The number of aromatic carboxylic acids is 1. The molecule has 5 nitrogen and oxygen atoms in total. The number of benzene rings is 1. The number of hydrogen-bond donors (Lipinski definition) is 1. The van der Waals surface area contributed by atoms with Crippen molar-refractivity contribution in [3.05, 3.63) is 35.0 Å². The van der Waals surface area contributed by atoms with Gasteiger partial charge in [0.05, 0.1) is 12.8 Å². The van der Waals surface area contributed by atoms with Crippen LogP contribution in [-0.4, -0.2) is 28.0 Å². The fourth-order valence-electron chi connectivity index (χ4n) is 1.70. The Bertz CT molecular complexity index is 607. The van der Waals surface area contributed by atoms with Crippen molar-refractivity contribution in [2.24, 2.45) is 7.05 Å². The largest absolute Gasteiger partial charge is 0.496 e. The normalized spacial score (nSPS) is 10.4. The molecule has 0 aliphatic rings. The van der Waals surface area contributed by atoms with E-state index in [1.54, 1.807) is 25.2 Å². The molecule has 0 aliphatic carbocycles. The van der Waals surface area contributed by atoms with Crippen LogP contribution in [0.3, 0.4) is 0 Å². The number of aromatic nitrogens is 2. The first-order valence-corrected chi connectivity index (χ1v) is 5.52. The van der Waals surface area contributed by atoms with E-state index in [0.29, 0.717) is 16.5 Å². The number of rotatable bonds is 3. The fraction of sp³-hybridized carbons (Fsp3) is 0.167. The monoisotopic (exact) mass is 266 g/mol. The second-order valence-electron chi connectivity index (χ2n) is 3.69. The van der Waals surface area contributed by atoms with Gasteiger partial charge >= 0.3 is 5.97 Å². The predicted molar refractivity (Wildman–Crippen MR) is 67.2 cm³/mol. The molecule has 0 aliphatic heterocycles. The molecular formula is C12H11ClN2O3. The molecule has 0 fully saturated rings. The lowest BCUT2D eigenvalue weighted by atomic mass is 10.1. The molecule has 6 heteroatoms. The van der Waals surface area contributed by atoms with Gasteiger partial charge in [-0.05, 0) is 24.3 Å². The minimum atomic E-state index is -1.07. The number of nitrogens with zero attached hydrogens (tertiary/aromatic N) is 2. The zero-order valence-corrected chi connectivity index (χ0v) is 10.6. The van der Waals surface area contributed by atoms with E-state index in [4.69, 9.17) is 21.4 Å². The Morgan fingerprint density at radius 1 is 1.44 bits per heavy atom. The number of aryl methyl sites for hydroxylation is 1. The second kappa shape index (κ2) is 4.70. The Balaban J connectivity index is 2.58. The molecule has 1 N–H and O–H groups in total. The Labute approximate surface area is 109 Å². The first kappa shape index (κ1) is 12.4. The summed E-state index contributed by atoms with van der Waals surface area (Å²) in [6.07, 6.45) is 0. The van der Waals surface area contributed by atoms with E-state index in [1.165, 1.54) is 17.9 Å². The summed E-state index contributed by atoms with van der Waals surface area (Å²) < 4.78 is 6.73. The van der Waals surface area contributed by atoms with Crippen LogP contribution >= 0.6 is 11.6 Å². The third-order valence-corrected chi connectivity index (χ3v) is 2.77. The molecule has 1 aromatic carbocycles. The maximum Gasteiger partial charge on any atom is 0.356 e. The van der Waals surface area contributed by atoms with Gasteiger partial charge in [-0.25, -0.2) is 4.79 Å². The van der Waals surface area contributed by atoms with Gasteiger partial charge in [-0.2, -0.15) is 5.10 Å². The molecule has 1 heterocycles. The topological polar surface area (TPSA) is 64.3 Å². The molecule has 0 unspecified atom stereocenters. The van der Waals surface area contributed by atoms with Gasteiger partial charge in [-0.15, -0.1) is 0 Å². The highest BCUT2D eigenvalue weighted by molar-refractivity contribution is 6.30. The molecule has 94 valence electrons. The summed E-state index contributed by atoms with van der Waals surface area (Å²) in [5, 5.41) is 13.4. The summed E-state index contributed by atoms with van der Waals surface area (Å²) in [5.74, 6) is -0.493. The molecule has 18 heavy (non-hydrogen) atoms. The van der Waals surface area contributed by atoms with Gasteiger partial charge in [0.2, 0.25) is 0 Å². The third kappa shape index (κ3) is 2.17. The number of hydrogen-bond acceptors (Lipinski definition) is 3. The molecule has 0 saturated carbocycles. The van der Waals surface area contributed by atoms with Crippen LogP contribution in [0.2, 0.25) is 5.02 Å². The zero-order valence-electron chi connectivity index (χ0n) is 9.85. The smallest absolute Gasteiger partial charge is 0.356 e. The Morgan fingerprint density at radius 3 is 2.72 bits per heavy atom. The van der Waals surface area contributed by atoms with Crippen molar-refractivity contribution in [2.45, 2.75) is 0 Å². The van der Waals surface area contributed by atoms with Gasteiger partial charge in [0.15, 0.2) is 5.69 Å². The molecule has 0 saturated heterocycles. The molecule has 0 radical (unpaired) electrons. The maximum atomic E-state index is 10.9. The molecule has 0 atom stereocenters. The van der Waals surface area contributed by atoms with E-state index in [9.17, 15) is 4.79 Å². The zero-order chi connectivity index (χ0) is 13.3. The summed E-state index contributed by atoms with van der Waals surface area (Å²) in [5.41, 5.74) is 1.38. The Kier molecular flexibility index (Phi) is 3.25. The van der Waals surface area contributed by atoms with Crippen LogP contribution in [-0.2, 0) is 7.05 Å². The van der Waals surface area contributed by atoms with Crippen LogP contribution in [0.1, 0.15) is 10.5 Å². The number of methoxy groups -OCH3 is 1. The van der Waals surface area contributed by atoms with E-state index >= 15 is 0 Å². The number of carboxylic acid groups (broad SMARTS) is 1. The maximum absolute atomic E-state index is 10.9. The number of halogens is 1. The minimum absolute atomic E-state index is 0.00972. The predicted octanol–water partition coefficient (Wildman–Crippen LogP) is 2.45. The third-order valence-electron chi connectivity index (χ3n) is 2.54. The van der Waals surface area contributed by atoms with Gasteiger partial charge in [-0.3, -0.25) is 4.68 Å². The number of carboxylic acids is 1. The highest BCUT2D eigenvalue weighted by Crippen LogP contribution is 2.32. The first-order valence-electron chi connectivity index (χ1n) is 5.14. The van der Waals surface area contributed by atoms with Crippen molar-refractivity contribution in [3.8, 4) is 17.0 Å². The second-order valence-corrected chi connectivity index (χ2v) is 4.12. The van der Waals surface area contributed by atoms with Crippen molar-refractivity contribution in [2.75, 3.05) is 7.11 Å². The molecule has 1 aromatic heterocycles. The standard InChI is InChI=1S/C12H11ClN2O3/c1-15-10(6-9(14-15)12(16)17)8-4-3-7(13)5-11(8)18-2/h3-6H,1-2H3,(H,16,17). The summed E-state index contributed by atoms with van der Waals surface area (Å²) in [4.78, 5) is 10.9. The van der Waals surface area contributed by atoms with Crippen LogP contribution in [0, 0.1) is 0 Å². The summed E-state index contributed by atoms with van der Waals surface area (Å²) in [6, 6.07) is 6.65. The summed E-state index contributed by atoms with van der Waals surface area (Å²) in [6.45, 7) is 0. The Hall–Kier alpha value is -2.01. The van der Waals surface area contributed by atoms with Gasteiger partial charge < -0.3 is 9.84 Å². The van der Waals surface area contributed by atoms with Gasteiger partial charge in [0.25, 0.3) is 0 Å². The summed E-state index contributed by atoms with van der Waals surface area (Å²) >= 11 is 5.88. The molecule has 0 bridgehead atoms. The van der Waals surface area contributed by atoms with Crippen LogP contribution in [0.25, 0.3) is 11.3 Å². The fourth-order valence-corrected chi connectivity index (χ4v) is 1.86. The molecule has 0 spiro atoms. The lowest BCUT2D eigenvalue weighted by Gasteiger charge is -2.08. The number of ether oxygens (including phenoxy) is 1. The van der Waals surface area contributed by atoms with Gasteiger partial charge in [0.1, 0.15) is 5.75 Å². The minimum Gasteiger partial charge on any atom is -0.496 e. The van der Waals surface area contributed by atoms with E-state index in [2.05, 4.69) is 5.10 Å². The van der Waals surface area contributed by atoms with Crippen LogP contribution in [0.4, 0.5) is 0 Å². The van der Waals surface area contributed by atoms with E-state index in [-0.39, 0.29) is 5.69 Å². The molecule has 2 rings (SSSR count). The molecular weight excluding hydrogens is 256 g/mol. The lowest BCUT2D eigenvalue weighted by molar-refractivity contribution is 0.0689. The average molecular weight is 267 g/mol. The molecule has 2 aromatic rings. The summed E-state index contributed by atoms with van der Waals surface area (Å²) in [7, 11) is 3.21. The van der Waals surface area contributed by atoms with Crippen molar-refractivity contribution >= 4 is 17.6 Å². The van der Waals surface area contributed by atoms with Crippen LogP contribution < -0.4 is 4.74 Å². The highest BCUT2D eigenvalue weighted by Gasteiger charge is 2.15. The van der Waals surface area contributed by atoms with Gasteiger partial charge in [-0.1, -0.05) is 11.6 Å². The SMILES string of the molecule is COc1cc(Cl)ccc1-c1cc(C(=O)O)nn1C. The van der Waals surface area contributed by atoms with Crippen LogP contribution in [0.5, 0.6) is 5.75 Å². The highest BCUT2D eigenvalue weighted by atomic mass is 35.5. The van der Waals surface area contributed by atoms with E-state index in [1.807, 2.05) is 0 Å². The number of carbonyl (C=O) groups is 1. The van der Waals surface area contributed by atoms with Crippen molar-refractivity contribution < 1.29 is 14.6 Å². The van der Waals surface area contributed by atoms with Crippen molar-refractivity contribution in [1.29, 1.82) is 0 Å². The molecule has 0 amide bonds. The Morgan fingerprint density at radius 2 is 2.17 bits per heavy atom. The first-order chi connectivity index (χ1) is 8.52. The van der Waals surface area contributed by atoms with Crippen LogP contribution in [0.15, 0.2) is 24.3 Å². The van der Waals surface area contributed by atoms with Crippen molar-refractivity contribution in [3.63, 3.8) is 0 Å².